The number of nitrogens with one attached hydrogen (secondary N) is 1. The first-order valence-corrected chi connectivity index (χ1v) is 6.25. The summed E-state index contributed by atoms with van der Waals surface area (Å²) in [5.41, 5.74) is -0.241. The molecule has 0 radical (unpaired) electrons. The van der Waals surface area contributed by atoms with Gasteiger partial charge in [-0.1, -0.05) is 0 Å². The van der Waals surface area contributed by atoms with Gasteiger partial charge < -0.3 is 10.4 Å². The third kappa shape index (κ3) is 2.62. The van der Waals surface area contributed by atoms with E-state index in [9.17, 15) is 14.5 Å². The van der Waals surface area contributed by atoms with Gasteiger partial charge in [-0.05, 0) is 28.8 Å². The van der Waals surface area contributed by atoms with E-state index < -0.39 is 10.7 Å². The fourth-order valence-electron chi connectivity index (χ4n) is 1.68. The molecule has 98 valence electrons. The van der Waals surface area contributed by atoms with Crippen molar-refractivity contribution in [3.63, 3.8) is 0 Å². The van der Waals surface area contributed by atoms with Gasteiger partial charge in [0, 0.05) is 24.1 Å². The van der Waals surface area contributed by atoms with Crippen molar-refractivity contribution >= 4 is 27.3 Å². The van der Waals surface area contributed by atoms with Gasteiger partial charge in [0.1, 0.15) is 11.5 Å². The number of benzene rings is 1. The molecule has 0 aromatic heterocycles. The molecular weight excluding hydrogens is 307 g/mol. The standard InChI is InChI=1S/C11H12BrFN2O3/c12-7-3-10(15(17)18)9(4-8(7)13)14-5-11(6-16)1-2-11/h3-4,14,16H,1-2,5-6H2. The lowest BCUT2D eigenvalue weighted by Crippen LogP contribution is -2.19. The molecule has 5 nitrogen and oxygen atoms in total. The Balaban J connectivity index is 2.20. The lowest BCUT2D eigenvalue weighted by molar-refractivity contribution is -0.384. The van der Waals surface area contributed by atoms with Gasteiger partial charge in [0.05, 0.1) is 16.0 Å². The summed E-state index contributed by atoms with van der Waals surface area (Å²) >= 11 is 2.92. The zero-order chi connectivity index (χ0) is 13.3. The number of aliphatic hydroxyl groups excluding tert-OH is 1. The first kappa shape index (κ1) is 13.2. The Hall–Kier alpha value is -1.21. The van der Waals surface area contributed by atoms with Crippen molar-refractivity contribution in [2.45, 2.75) is 12.8 Å². The van der Waals surface area contributed by atoms with Gasteiger partial charge in [0.25, 0.3) is 5.69 Å². The third-order valence-electron chi connectivity index (χ3n) is 3.18. The van der Waals surface area contributed by atoms with Gasteiger partial charge in [0.15, 0.2) is 0 Å². The van der Waals surface area contributed by atoms with Crippen molar-refractivity contribution < 1.29 is 14.4 Å². The van der Waals surface area contributed by atoms with Crippen LogP contribution in [0.5, 0.6) is 0 Å². The van der Waals surface area contributed by atoms with Crippen LogP contribution in [0.25, 0.3) is 0 Å². The summed E-state index contributed by atoms with van der Waals surface area (Å²) in [5, 5.41) is 22.9. The van der Waals surface area contributed by atoms with Crippen LogP contribution >= 0.6 is 15.9 Å². The van der Waals surface area contributed by atoms with E-state index in [2.05, 4.69) is 21.2 Å². The second-order valence-electron chi connectivity index (χ2n) is 4.55. The van der Waals surface area contributed by atoms with Gasteiger partial charge in [-0.15, -0.1) is 0 Å². The normalized spacial score (nSPS) is 16.4. The highest BCUT2D eigenvalue weighted by molar-refractivity contribution is 9.10. The molecule has 18 heavy (non-hydrogen) atoms. The van der Waals surface area contributed by atoms with E-state index >= 15 is 0 Å². The fourth-order valence-corrected chi connectivity index (χ4v) is 2.01. The highest BCUT2D eigenvalue weighted by Gasteiger charge is 2.42. The van der Waals surface area contributed by atoms with E-state index in [4.69, 9.17) is 5.11 Å². The minimum atomic E-state index is -0.564. The molecule has 0 aliphatic heterocycles. The first-order chi connectivity index (χ1) is 8.47. The number of hydrogen-bond acceptors (Lipinski definition) is 4. The second kappa shape index (κ2) is 4.81. The van der Waals surface area contributed by atoms with Crippen molar-refractivity contribution in [1.29, 1.82) is 0 Å². The quantitative estimate of drug-likeness (QED) is 0.646. The molecule has 1 saturated carbocycles. The van der Waals surface area contributed by atoms with E-state index in [0.717, 1.165) is 25.0 Å². The molecule has 1 aromatic rings. The smallest absolute Gasteiger partial charge is 0.293 e. The maximum Gasteiger partial charge on any atom is 0.293 e. The van der Waals surface area contributed by atoms with Crippen LogP contribution in [0.15, 0.2) is 16.6 Å². The van der Waals surface area contributed by atoms with Crippen LogP contribution in [0.2, 0.25) is 0 Å². The summed E-state index contributed by atoms with van der Waals surface area (Å²) in [5.74, 6) is -0.558. The number of rotatable bonds is 5. The number of anilines is 1. The van der Waals surface area contributed by atoms with E-state index in [1.807, 2.05) is 0 Å². The molecule has 0 bridgehead atoms. The molecule has 0 unspecified atom stereocenters. The average Bonchev–Trinajstić information content (AvgIpc) is 3.10. The number of aliphatic hydroxyl groups is 1. The maximum atomic E-state index is 13.4. The van der Waals surface area contributed by atoms with E-state index in [1.54, 1.807) is 0 Å². The highest BCUT2D eigenvalue weighted by Crippen LogP contribution is 2.45. The predicted octanol–water partition coefficient (Wildman–Crippen LogP) is 2.68. The van der Waals surface area contributed by atoms with Crippen LogP contribution in [0.4, 0.5) is 15.8 Å². The van der Waals surface area contributed by atoms with E-state index in [1.165, 1.54) is 0 Å². The first-order valence-electron chi connectivity index (χ1n) is 5.46. The van der Waals surface area contributed by atoms with Gasteiger partial charge in [-0.3, -0.25) is 10.1 Å². The summed E-state index contributed by atoms with van der Waals surface area (Å²) in [4.78, 5) is 10.3. The summed E-state index contributed by atoms with van der Waals surface area (Å²) in [7, 11) is 0. The second-order valence-corrected chi connectivity index (χ2v) is 5.41. The number of hydrogen-bond donors (Lipinski definition) is 2. The van der Waals surface area contributed by atoms with Crippen LogP contribution in [-0.2, 0) is 0 Å². The summed E-state index contributed by atoms with van der Waals surface area (Å²) in [6.45, 7) is 0.443. The molecular formula is C11H12BrFN2O3. The number of nitrogens with zero attached hydrogens (tertiary/aromatic N) is 1. The Kier molecular flexibility index (Phi) is 3.54. The van der Waals surface area contributed by atoms with Crippen molar-refractivity contribution in [3.8, 4) is 0 Å². The van der Waals surface area contributed by atoms with Crippen molar-refractivity contribution in [2.24, 2.45) is 5.41 Å². The Morgan fingerprint density at radius 3 is 2.72 bits per heavy atom. The monoisotopic (exact) mass is 318 g/mol. The Morgan fingerprint density at radius 1 is 1.56 bits per heavy atom. The fraction of sp³-hybridized carbons (Fsp3) is 0.455. The molecule has 2 rings (SSSR count). The number of nitro benzene ring substituents is 1. The largest absolute Gasteiger partial charge is 0.396 e. The van der Waals surface area contributed by atoms with Gasteiger partial charge in [-0.25, -0.2) is 4.39 Å². The molecule has 0 spiro atoms. The van der Waals surface area contributed by atoms with Crippen molar-refractivity contribution in [3.05, 3.63) is 32.5 Å². The SMILES string of the molecule is O=[N+]([O-])c1cc(Br)c(F)cc1NCC1(CO)CC1. The molecule has 0 heterocycles. The molecule has 1 aromatic carbocycles. The van der Waals surface area contributed by atoms with Crippen molar-refractivity contribution in [2.75, 3.05) is 18.5 Å². The molecule has 0 saturated heterocycles. The zero-order valence-electron chi connectivity index (χ0n) is 9.45. The molecule has 0 atom stereocenters. The minimum absolute atomic E-state index is 0.0345. The molecule has 1 aliphatic rings. The molecule has 1 fully saturated rings. The van der Waals surface area contributed by atoms with Crippen molar-refractivity contribution in [1.82, 2.24) is 0 Å². The summed E-state index contributed by atoms with van der Waals surface area (Å²) in [6, 6.07) is 2.23. The summed E-state index contributed by atoms with van der Waals surface area (Å²) in [6.07, 6.45) is 1.76. The zero-order valence-corrected chi connectivity index (χ0v) is 11.0. The number of halogens is 2. The maximum absolute atomic E-state index is 13.4. The van der Waals surface area contributed by atoms with Crippen LogP contribution < -0.4 is 5.32 Å². The minimum Gasteiger partial charge on any atom is -0.396 e. The van der Waals surface area contributed by atoms with E-state index in [-0.39, 0.29) is 27.9 Å². The molecule has 1 aliphatic carbocycles. The molecule has 7 heteroatoms. The number of nitro groups is 1. The van der Waals surface area contributed by atoms with Gasteiger partial charge in [0.2, 0.25) is 0 Å². The lowest BCUT2D eigenvalue weighted by Gasteiger charge is -2.14. The van der Waals surface area contributed by atoms with E-state index in [0.29, 0.717) is 6.54 Å². The Bertz CT molecular complexity index is 491. The topological polar surface area (TPSA) is 75.4 Å². The van der Waals surface area contributed by atoms with Crippen LogP contribution in [0.1, 0.15) is 12.8 Å². The molecule has 0 amide bonds. The third-order valence-corrected chi connectivity index (χ3v) is 3.79. The van der Waals surface area contributed by atoms with Crippen LogP contribution in [0.3, 0.4) is 0 Å². The molecule has 2 N–H and O–H groups in total. The Labute approximate surface area is 111 Å². The van der Waals surface area contributed by atoms with Gasteiger partial charge >= 0.3 is 0 Å². The highest BCUT2D eigenvalue weighted by atomic mass is 79.9. The van der Waals surface area contributed by atoms with Crippen LogP contribution in [0, 0.1) is 21.3 Å². The summed E-state index contributed by atoms with van der Waals surface area (Å²) < 4.78 is 13.4. The van der Waals surface area contributed by atoms with Crippen LogP contribution in [-0.4, -0.2) is 23.2 Å². The average molecular weight is 319 g/mol. The lowest BCUT2D eigenvalue weighted by atomic mass is 10.1. The predicted molar refractivity (Wildman–Crippen MR) is 68.0 cm³/mol. The van der Waals surface area contributed by atoms with Gasteiger partial charge in [-0.2, -0.15) is 0 Å². The Morgan fingerprint density at radius 2 is 2.22 bits per heavy atom.